The van der Waals surface area contributed by atoms with Crippen molar-refractivity contribution in [3.05, 3.63) is 23.8 Å². The normalized spacial score (nSPS) is 13.5. The summed E-state index contributed by atoms with van der Waals surface area (Å²) in [6.45, 7) is 0.539. The van der Waals surface area contributed by atoms with E-state index in [9.17, 15) is 14.7 Å². The van der Waals surface area contributed by atoms with E-state index in [2.05, 4.69) is 5.32 Å². The van der Waals surface area contributed by atoms with Crippen molar-refractivity contribution in [2.75, 3.05) is 6.54 Å². The molecular formula is C18H25NO5. The van der Waals surface area contributed by atoms with Gasteiger partial charge in [0, 0.05) is 19.0 Å². The Bertz CT molecular complexity index is 569. The molecule has 24 heavy (non-hydrogen) atoms. The molecule has 1 aromatic carbocycles. The maximum Gasteiger partial charge on any atom is 0.303 e. The van der Waals surface area contributed by atoms with E-state index in [0.717, 1.165) is 38.5 Å². The van der Waals surface area contributed by atoms with Gasteiger partial charge in [-0.1, -0.05) is 19.3 Å². The molecule has 0 heterocycles. The van der Waals surface area contributed by atoms with Crippen LogP contribution in [0.4, 0.5) is 0 Å². The van der Waals surface area contributed by atoms with E-state index in [0.29, 0.717) is 18.7 Å². The van der Waals surface area contributed by atoms with Crippen molar-refractivity contribution in [3.63, 3.8) is 0 Å². The second-order valence-corrected chi connectivity index (χ2v) is 6.16. The summed E-state index contributed by atoms with van der Waals surface area (Å²) in [6.07, 6.45) is 6.88. The van der Waals surface area contributed by atoms with Crippen LogP contribution in [0.5, 0.6) is 11.5 Å². The zero-order valence-electron chi connectivity index (χ0n) is 13.8. The van der Waals surface area contributed by atoms with Gasteiger partial charge in [-0.3, -0.25) is 9.59 Å². The summed E-state index contributed by atoms with van der Waals surface area (Å²) >= 11 is 0. The summed E-state index contributed by atoms with van der Waals surface area (Å²) in [4.78, 5) is 22.4. The Kier molecular flexibility index (Phi) is 6.90. The summed E-state index contributed by atoms with van der Waals surface area (Å²) < 4.78 is 5.57. The number of phenolic OH excluding ortho intramolecular Hbond substituents is 1. The lowest BCUT2D eigenvalue weighted by molar-refractivity contribution is -0.137. The Balaban J connectivity index is 1.62. The molecule has 1 amide bonds. The second kappa shape index (κ2) is 9.15. The fourth-order valence-electron chi connectivity index (χ4n) is 2.38. The lowest BCUT2D eigenvalue weighted by atomic mass is 10.1. The maximum atomic E-state index is 12.0. The molecule has 0 atom stereocenters. The summed E-state index contributed by atoms with van der Waals surface area (Å²) in [7, 11) is 0. The van der Waals surface area contributed by atoms with Gasteiger partial charge in [-0.05, 0) is 37.8 Å². The van der Waals surface area contributed by atoms with Gasteiger partial charge in [0.1, 0.15) is 11.5 Å². The third-order valence-corrected chi connectivity index (χ3v) is 3.89. The molecule has 0 unspecified atom stereocenters. The van der Waals surface area contributed by atoms with Crippen molar-refractivity contribution in [1.29, 1.82) is 0 Å². The molecule has 1 aliphatic carbocycles. The van der Waals surface area contributed by atoms with Crippen molar-refractivity contribution >= 4 is 11.9 Å². The number of amides is 1. The molecule has 2 rings (SSSR count). The van der Waals surface area contributed by atoms with E-state index in [-0.39, 0.29) is 29.7 Å². The monoisotopic (exact) mass is 335 g/mol. The number of rotatable bonds is 11. The first-order valence-corrected chi connectivity index (χ1v) is 8.56. The van der Waals surface area contributed by atoms with E-state index in [4.69, 9.17) is 9.84 Å². The van der Waals surface area contributed by atoms with Crippen LogP contribution in [0.2, 0.25) is 0 Å². The molecule has 6 nitrogen and oxygen atoms in total. The number of carboxylic acids is 1. The van der Waals surface area contributed by atoms with Crippen LogP contribution in [-0.2, 0) is 4.79 Å². The number of phenols is 1. The number of carboxylic acid groups (broad SMARTS) is 1. The zero-order valence-corrected chi connectivity index (χ0v) is 13.8. The minimum absolute atomic E-state index is 0.0701. The smallest absolute Gasteiger partial charge is 0.303 e. The van der Waals surface area contributed by atoms with Crippen LogP contribution in [0.1, 0.15) is 61.7 Å². The van der Waals surface area contributed by atoms with E-state index in [1.807, 2.05) is 0 Å². The van der Waals surface area contributed by atoms with E-state index in [1.165, 1.54) is 6.07 Å². The third-order valence-electron chi connectivity index (χ3n) is 3.89. The summed E-state index contributed by atoms with van der Waals surface area (Å²) in [5, 5.41) is 21.3. The fraction of sp³-hybridized carbons (Fsp3) is 0.556. The quantitative estimate of drug-likeness (QED) is 0.540. The first-order chi connectivity index (χ1) is 11.6. The SMILES string of the molecule is O=C(O)CCCCCCCNC(=O)c1ccc(OC2CC2)cc1O. The number of carbonyl (C=O) groups excluding carboxylic acids is 1. The first kappa shape index (κ1) is 18.1. The molecule has 0 aromatic heterocycles. The zero-order chi connectivity index (χ0) is 17.4. The summed E-state index contributed by atoms with van der Waals surface area (Å²) in [5.41, 5.74) is 0.250. The van der Waals surface area contributed by atoms with Crippen LogP contribution in [0, 0.1) is 0 Å². The molecule has 1 saturated carbocycles. The van der Waals surface area contributed by atoms with Gasteiger partial charge in [0.2, 0.25) is 0 Å². The lowest BCUT2D eigenvalue weighted by Gasteiger charge is -2.09. The molecule has 1 aliphatic rings. The minimum Gasteiger partial charge on any atom is -0.507 e. The van der Waals surface area contributed by atoms with Crippen LogP contribution in [-0.4, -0.2) is 34.7 Å². The third kappa shape index (κ3) is 6.48. The van der Waals surface area contributed by atoms with E-state index in [1.54, 1.807) is 12.1 Å². The average Bonchev–Trinajstić information content (AvgIpc) is 3.33. The van der Waals surface area contributed by atoms with E-state index < -0.39 is 5.97 Å². The molecule has 0 bridgehead atoms. The molecule has 1 fully saturated rings. The molecule has 0 saturated heterocycles. The van der Waals surface area contributed by atoms with Gasteiger partial charge in [0.15, 0.2) is 0 Å². The number of nitrogens with one attached hydrogen (secondary N) is 1. The second-order valence-electron chi connectivity index (χ2n) is 6.16. The Hall–Kier alpha value is -2.24. The summed E-state index contributed by atoms with van der Waals surface area (Å²) in [6, 6.07) is 4.76. The summed E-state index contributed by atoms with van der Waals surface area (Å²) in [5.74, 6) is -0.529. The van der Waals surface area contributed by atoms with Crippen molar-refractivity contribution in [1.82, 2.24) is 5.32 Å². The Morgan fingerprint density at radius 3 is 2.50 bits per heavy atom. The molecule has 3 N–H and O–H groups in total. The molecule has 0 radical (unpaired) electrons. The highest BCUT2D eigenvalue weighted by molar-refractivity contribution is 5.96. The Labute approximate surface area is 141 Å². The Morgan fingerprint density at radius 2 is 1.83 bits per heavy atom. The average molecular weight is 335 g/mol. The maximum absolute atomic E-state index is 12.0. The van der Waals surface area contributed by atoms with Crippen LogP contribution >= 0.6 is 0 Å². The van der Waals surface area contributed by atoms with Gasteiger partial charge in [0.25, 0.3) is 5.91 Å². The van der Waals surface area contributed by atoms with Gasteiger partial charge < -0.3 is 20.3 Å². The van der Waals surface area contributed by atoms with Crippen LogP contribution in [0.25, 0.3) is 0 Å². The van der Waals surface area contributed by atoms with Crippen molar-refractivity contribution in [2.45, 2.75) is 57.5 Å². The topological polar surface area (TPSA) is 95.9 Å². The highest BCUT2D eigenvalue weighted by Crippen LogP contribution is 2.30. The predicted octanol–water partition coefficient (Wildman–Crippen LogP) is 3.09. The molecule has 6 heteroatoms. The van der Waals surface area contributed by atoms with E-state index >= 15 is 0 Å². The van der Waals surface area contributed by atoms with Crippen LogP contribution in [0.15, 0.2) is 18.2 Å². The number of unbranched alkanes of at least 4 members (excludes halogenated alkanes) is 4. The predicted molar refractivity (Wildman–Crippen MR) is 89.4 cm³/mol. The highest BCUT2D eigenvalue weighted by atomic mass is 16.5. The standard InChI is InChI=1S/C18H25NO5/c20-16-12-14(24-13-7-8-13)9-10-15(16)18(23)19-11-5-3-1-2-4-6-17(21)22/h9-10,12-13,20H,1-8,11H2,(H,19,23)(H,21,22). The molecular weight excluding hydrogens is 310 g/mol. The minimum atomic E-state index is -0.754. The molecule has 132 valence electrons. The number of aromatic hydroxyl groups is 1. The van der Waals surface area contributed by atoms with Crippen molar-refractivity contribution < 1.29 is 24.5 Å². The number of hydrogen-bond acceptors (Lipinski definition) is 4. The van der Waals surface area contributed by atoms with Crippen LogP contribution < -0.4 is 10.1 Å². The lowest BCUT2D eigenvalue weighted by Crippen LogP contribution is -2.24. The van der Waals surface area contributed by atoms with Gasteiger partial charge in [0.05, 0.1) is 11.7 Å². The van der Waals surface area contributed by atoms with Gasteiger partial charge in [-0.25, -0.2) is 0 Å². The Morgan fingerprint density at radius 1 is 1.12 bits per heavy atom. The number of aliphatic carboxylic acids is 1. The molecule has 0 spiro atoms. The van der Waals surface area contributed by atoms with Crippen LogP contribution in [0.3, 0.4) is 0 Å². The molecule has 0 aliphatic heterocycles. The number of hydrogen-bond donors (Lipinski definition) is 3. The first-order valence-electron chi connectivity index (χ1n) is 8.56. The fourth-order valence-corrected chi connectivity index (χ4v) is 2.38. The number of benzene rings is 1. The van der Waals surface area contributed by atoms with Gasteiger partial charge in [-0.2, -0.15) is 0 Å². The molecule has 1 aromatic rings. The number of ether oxygens (including phenoxy) is 1. The highest BCUT2D eigenvalue weighted by Gasteiger charge is 2.24. The number of carbonyl (C=O) groups is 2. The largest absolute Gasteiger partial charge is 0.507 e. The van der Waals surface area contributed by atoms with Crippen molar-refractivity contribution in [2.24, 2.45) is 0 Å². The van der Waals surface area contributed by atoms with Crippen molar-refractivity contribution in [3.8, 4) is 11.5 Å². The van der Waals surface area contributed by atoms with Gasteiger partial charge >= 0.3 is 5.97 Å². The van der Waals surface area contributed by atoms with Gasteiger partial charge in [-0.15, -0.1) is 0 Å².